The summed E-state index contributed by atoms with van der Waals surface area (Å²) in [6.07, 6.45) is 1.86. The zero-order chi connectivity index (χ0) is 13.3. The van der Waals surface area contributed by atoms with Crippen LogP contribution in [0.4, 0.5) is 5.69 Å². The minimum Gasteiger partial charge on any atom is -0.347 e. The summed E-state index contributed by atoms with van der Waals surface area (Å²) in [7, 11) is 1.86. The average molecular weight is 242 g/mol. The summed E-state index contributed by atoms with van der Waals surface area (Å²) in [6.45, 7) is 6.09. The summed E-state index contributed by atoms with van der Waals surface area (Å²) in [5, 5.41) is 2.99. The Labute approximate surface area is 107 Å². The maximum atomic E-state index is 12.2. The van der Waals surface area contributed by atoms with Gasteiger partial charge < -0.3 is 9.88 Å². The van der Waals surface area contributed by atoms with Crippen molar-refractivity contribution in [2.45, 2.75) is 20.8 Å². The van der Waals surface area contributed by atoms with Crippen LogP contribution in [0.15, 0.2) is 30.5 Å². The predicted molar refractivity (Wildman–Crippen MR) is 74.0 cm³/mol. The molecule has 2 aromatic rings. The van der Waals surface area contributed by atoms with Crippen molar-refractivity contribution < 1.29 is 4.79 Å². The van der Waals surface area contributed by atoms with Crippen molar-refractivity contribution in [2.75, 3.05) is 5.32 Å². The zero-order valence-corrected chi connectivity index (χ0v) is 11.2. The predicted octanol–water partition coefficient (Wildman–Crippen LogP) is 3.20. The average Bonchev–Trinajstić information content (AvgIpc) is 2.69. The lowest BCUT2D eigenvalue weighted by atomic mass is 10.1. The first-order valence-electron chi connectivity index (χ1n) is 5.99. The van der Waals surface area contributed by atoms with Gasteiger partial charge in [-0.3, -0.25) is 4.79 Å². The fraction of sp³-hybridized carbons (Fsp3) is 0.267. The number of carbonyl (C=O) groups is 1. The van der Waals surface area contributed by atoms with E-state index in [1.165, 1.54) is 5.56 Å². The molecule has 0 spiro atoms. The Morgan fingerprint density at radius 3 is 2.28 bits per heavy atom. The number of hydrogen-bond acceptors (Lipinski definition) is 1. The first-order valence-corrected chi connectivity index (χ1v) is 5.99. The Morgan fingerprint density at radius 1 is 1.17 bits per heavy atom. The van der Waals surface area contributed by atoms with Gasteiger partial charge in [-0.2, -0.15) is 0 Å². The molecule has 18 heavy (non-hydrogen) atoms. The zero-order valence-electron chi connectivity index (χ0n) is 11.2. The van der Waals surface area contributed by atoms with E-state index >= 15 is 0 Å². The molecule has 0 bridgehead atoms. The van der Waals surface area contributed by atoms with Gasteiger partial charge in [0.1, 0.15) is 5.69 Å². The Balaban J connectivity index is 2.31. The Hall–Kier alpha value is -2.03. The molecule has 3 heteroatoms. The van der Waals surface area contributed by atoms with Gasteiger partial charge in [-0.1, -0.05) is 17.7 Å². The number of amides is 1. The molecule has 1 aromatic heterocycles. The van der Waals surface area contributed by atoms with Crippen molar-refractivity contribution in [3.05, 3.63) is 52.8 Å². The van der Waals surface area contributed by atoms with Gasteiger partial charge in [0.2, 0.25) is 0 Å². The molecule has 3 nitrogen and oxygen atoms in total. The monoisotopic (exact) mass is 242 g/mol. The number of aromatic nitrogens is 1. The molecule has 0 unspecified atom stereocenters. The van der Waals surface area contributed by atoms with Crippen LogP contribution in [0, 0.1) is 20.8 Å². The Kier molecular flexibility index (Phi) is 3.24. The number of aryl methyl sites for hydroxylation is 4. The van der Waals surface area contributed by atoms with Gasteiger partial charge in [-0.05, 0) is 44.0 Å². The van der Waals surface area contributed by atoms with E-state index in [-0.39, 0.29) is 5.91 Å². The van der Waals surface area contributed by atoms with E-state index in [2.05, 4.69) is 24.4 Å². The highest BCUT2D eigenvalue weighted by molar-refractivity contribution is 6.04. The van der Waals surface area contributed by atoms with Crippen LogP contribution in [0.1, 0.15) is 27.2 Å². The van der Waals surface area contributed by atoms with E-state index in [9.17, 15) is 4.79 Å². The lowest BCUT2D eigenvalue weighted by Crippen LogP contribution is -2.16. The van der Waals surface area contributed by atoms with E-state index in [0.717, 1.165) is 16.8 Å². The molecule has 0 aliphatic rings. The molecule has 94 valence electrons. The highest BCUT2D eigenvalue weighted by Gasteiger charge is 2.12. The number of hydrogen-bond donors (Lipinski definition) is 1. The van der Waals surface area contributed by atoms with Gasteiger partial charge in [0.05, 0.1) is 0 Å². The summed E-state index contributed by atoms with van der Waals surface area (Å²) >= 11 is 0. The normalized spacial score (nSPS) is 10.4. The van der Waals surface area contributed by atoms with E-state index in [0.29, 0.717) is 5.69 Å². The van der Waals surface area contributed by atoms with Gasteiger partial charge in [-0.15, -0.1) is 0 Å². The van der Waals surface area contributed by atoms with Crippen molar-refractivity contribution in [3.8, 4) is 0 Å². The van der Waals surface area contributed by atoms with Gasteiger partial charge in [0.25, 0.3) is 5.91 Å². The first kappa shape index (κ1) is 12.4. The smallest absolute Gasteiger partial charge is 0.272 e. The molecular weight excluding hydrogens is 224 g/mol. The lowest BCUT2D eigenvalue weighted by molar-refractivity contribution is 0.101. The van der Waals surface area contributed by atoms with Crippen LogP contribution in [0.3, 0.4) is 0 Å². The molecule has 1 heterocycles. The third-order valence-corrected chi connectivity index (χ3v) is 3.09. The minimum absolute atomic E-state index is 0.0717. The van der Waals surface area contributed by atoms with Crippen molar-refractivity contribution in [3.63, 3.8) is 0 Å². The number of rotatable bonds is 2. The quantitative estimate of drug-likeness (QED) is 0.862. The second-order valence-electron chi connectivity index (χ2n) is 4.73. The maximum Gasteiger partial charge on any atom is 0.272 e. The molecule has 1 amide bonds. The van der Waals surface area contributed by atoms with Gasteiger partial charge in [-0.25, -0.2) is 0 Å². The SMILES string of the molecule is Cc1cc(C)c(NC(=O)c2cccn2C)c(C)c1. The van der Waals surface area contributed by atoms with Gasteiger partial charge in [0, 0.05) is 18.9 Å². The lowest BCUT2D eigenvalue weighted by Gasteiger charge is -2.13. The summed E-state index contributed by atoms with van der Waals surface area (Å²) in [6, 6.07) is 7.83. The van der Waals surface area contributed by atoms with Crippen LogP contribution in [0.25, 0.3) is 0 Å². The van der Waals surface area contributed by atoms with Crippen molar-refractivity contribution in [2.24, 2.45) is 7.05 Å². The molecule has 0 atom stereocenters. The third-order valence-electron chi connectivity index (χ3n) is 3.09. The van der Waals surface area contributed by atoms with E-state index in [1.54, 1.807) is 0 Å². The summed E-state index contributed by atoms with van der Waals surface area (Å²) < 4.78 is 1.81. The first-order chi connectivity index (χ1) is 8.49. The molecule has 1 N–H and O–H groups in total. The van der Waals surface area contributed by atoms with E-state index in [4.69, 9.17) is 0 Å². The second-order valence-corrected chi connectivity index (χ2v) is 4.73. The molecule has 0 aliphatic carbocycles. The molecule has 2 rings (SSSR count). The number of nitrogens with zero attached hydrogens (tertiary/aromatic N) is 1. The van der Waals surface area contributed by atoms with E-state index in [1.807, 2.05) is 43.8 Å². The van der Waals surface area contributed by atoms with Crippen LogP contribution in [-0.4, -0.2) is 10.5 Å². The summed E-state index contributed by atoms with van der Waals surface area (Å²) in [5.41, 5.74) is 4.97. The molecule has 0 saturated carbocycles. The molecule has 0 aliphatic heterocycles. The summed E-state index contributed by atoms with van der Waals surface area (Å²) in [5.74, 6) is -0.0717. The molecule has 0 saturated heterocycles. The van der Waals surface area contributed by atoms with Gasteiger partial charge >= 0.3 is 0 Å². The molecule has 1 aromatic carbocycles. The Morgan fingerprint density at radius 2 is 1.78 bits per heavy atom. The molecule has 0 fully saturated rings. The second kappa shape index (κ2) is 4.69. The highest BCUT2D eigenvalue weighted by Crippen LogP contribution is 2.22. The largest absolute Gasteiger partial charge is 0.347 e. The number of benzene rings is 1. The van der Waals surface area contributed by atoms with Crippen molar-refractivity contribution >= 4 is 11.6 Å². The number of carbonyl (C=O) groups excluding carboxylic acids is 1. The van der Waals surface area contributed by atoms with E-state index < -0.39 is 0 Å². The third kappa shape index (κ3) is 2.30. The number of nitrogens with one attached hydrogen (secondary N) is 1. The van der Waals surface area contributed by atoms with Crippen molar-refractivity contribution in [1.82, 2.24) is 4.57 Å². The van der Waals surface area contributed by atoms with Crippen LogP contribution in [0.5, 0.6) is 0 Å². The van der Waals surface area contributed by atoms with Crippen LogP contribution in [-0.2, 0) is 7.05 Å². The topological polar surface area (TPSA) is 34.0 Å². The van der Waals surface area contributed by atoms with Crippen LogP contribution < -0.4 is 5.32 Å². The maximum absolute atomic E-state index is 12.2. The summed E-state index contributed by atoms with van der Waals surface area (Å²) in [4.78, 5) is 12.2. The Bertz CT molecular complexity index is 573. The fourth-order valence-electron chi connectivity index (χ4n) is 2.25. The van der Waals surface area contributed by atoms with Gasteiger partial charge in [0.15, 0.2) is 0 Å². The molecular formula is C15H18N2O. The minimum atomic E-state index is -0.0717. The van der Waals surface area contributed by atoms with Crippen LogP contribution >= 0.6 is 0 Å². The molecule has 0 radical (unpaired) electrons. The fourth-order valence-corrected chi connectivity index (χ4v) is 2.25. The van der Waals surface area contributed by atoms with Crippen molar-refractivity contribution in [1.29, 1.82) is 0 Å². The number of anilines is 1. The standard InChI is InChI=1S/C15H18N2O/c1-10-8-11(2)14(12(3)9-10)16-15(18)13-6-5-7-17(13)4/h5-9H,1-4H3,(H,16,18). The highest BCUT2D eigenvalue weighted by atomic mass is 16.1. The van der Waals surface area contributed by atoms with Crippen LogP contribution in [0.2, 0.25) is 0 Å².